The van der Waals surface area contributed by atoms with Gasteiger partial charge >= 0.3 is 0 Å². The smallest absolute Gasteiger partial charge is 0.125 e. The van der Waals surface area contributed by atoms with Gasteiger partial charge in [0.1, 0.15) is 5.75 Å². The molecule has 1 aliphatic rings. The summed E-state index contributed by atoms with van der Waals surface area (Å²) >= 11 is 3.63. The standard InChI is InChI=1S/C17H26BrNO/c1-3-5-7-17(4-2,12-19)11-14-10-15(18)9-13-6-8-20-16(13)14/h9-10H,3-8,11-12,19H2,1-2H3. The van der Waals surface area contributed by atoms with E-state index in [0.717, 1.165) is 42.6 Å². The van der Waals surface area contributed by atoms with Gasteiger partial charge in [0, 0.05) is 10.9 Å². The summed E-state index contributed by atoms with van der Waals surface area (Å²) < 4.78 is 7.02. The fourth-order valence-corrected chi connectivity index (χ4v) is 3.69. The van der Waals surface area contributed by atoms with Crippen LogP contribution in [0, 0.1) is 5.41 Å². The van der Waals surface area contributed by atoms with Gasteiger partial charge in [-0.25, -0.2) is 0 Å². The summed E-state index contributed by atoms with van der Waals surface area (Å²) in [4.78, 5) is 0. The van der Waals surface area contributed by atoms with E-state index in [9.17, 15) is 0 Å². The van der Waals surface area contributed by atoms with Gasteiger partial charge in [-0.05, 0) is 54.5 Å². The van der Waals surface area contributed by atoms with E-state index in [4.69, 9.17) is 10.5 Å². The lowest BCUT2D eigenvalue weighted by Gasteiger charge is -2.32. The van der Waals surface area contributed by atoms with E-state index in [2.05, 4.69) is 41.9 Å². The Kier molecular flexibility index (Phi) is 5.50. The Bertz CT molecular complexity index is 455. The second kappa shape index (κ2) is 6.95. The lowest BCUT2D eigenvalue weighted by molar-refractivity contribution is 0.247. The Morgan fingerprint density at radius 1 is 1.35 bits per heavy atom. The van der Waals surface area contributed by atoms with Crippen LogP contribution in [0.25, 0.3) is 0 Å². The molecular weight excluding hydrogens is 314 g/mol. The van der Waals surface area contributed by atoms with Crippen LogP contribution in [0.4, 0.5) is 0 Å². The van der Waals surface area contributed by atoms with Gasteiger partial charge in [-0.3, -0.25) is 0 Å². The molecule has 2 N–H and O–H groups in total. The van der Waals surface area contributed by atoms with Gasteiger partial charge in [-0.1, -0.05) is 42.6 Å². The Balaban J connectivity index is 2.27. The van der Waals surface area contributed by atoms with Crippen molar-refractivity contribution in [3.05, 3.63) is 27.7 Å². The Hall–Kier alpha value is -0.540. The zero-order valence-corrected chi connectivity index (χ0v) is 14.3. The summed E-state index contributed by atoms with van der Waals surface area (Å²) in [7, 11) is 0. The summed E-state index contributed by atoms with van der Waals surface area (Å²) in [6.07, 6.45) is 6.87. The molecule has 0 aliphatic carbocycles. The molecule has 3 heteroatoms. The summed E-state index contributed by atoms with van der Waals surface area (Å²) in [5, 5.41) is 0. The number of fused-ring (bicyclic) bond motifs is 1. The molecule has 0 bridgehead atoms. The van der Waals surface area contributed by atoms with Gasteiger partial charge in [-0.2, -0.15) is 0 Å². The number of nitrogens with two attached hydrogens (primary N) is 1. The van der Waals surface area contributed by atoms with E-state index in [-0.39, 0.29) is 5.41 Å². The third-order valence-electron chi connectivity index (χ3n) is 4.63. The van der Waals surface area contributed by atoms with E-state index in [1.165, 1.54) is 30.4 Å². The van der Waals surface area contributed by atoms with Gasteiger partial charge in [0.2, 0.25) is 0 Å². The van der Waals surface area contributed by atoms with Crippen LogP contribution in [0.5, 0.6) is 5.75 Å². The van der Waals surface area contributed by atoms with E-state index in [1.807, 2.05) is 0 Å². The van der Waals surface area contributed by atoms with Crippen molar-refractivity contribution in [3.63, 3.8) is 0 Å². The van der Waals surface area contributed by atoms with Gasteiger partial charge in [0.25, 0.3) is 0 Å². The Morgan fingerprint density at radius 2 is 2.15 bits per heavy atom. The average molecular weight is 340 g/mol. The molecule has 2 rings (SSSR count). The number of unbranched alkanes of at least 4 members (excludes halogenated alkanes) is 1. The van der Waals surface area contributed by atoms with Crippen molar-refractivity contribution in [1.82, 2.24) is 0 Å². The fourth-order valence-electron chi connectivity index (χ4n) is 3.14. The minimum Gasteiger partial charge on any atom is -0.493 e. The molecule has 1 aliphatic heterocycles. The summed E-state index contributed by atoms with van der Waals surface area (Å²) in [5.41, 5.74) is 9.03. The van der Waals surface area contributed by atoms with Crippen LogP contribution in [-0.4, -0.2) is 13.2 Å². The molecule has 2 nitrogen and oxygen atoms in total. The molecule has 1 unspecified atom stereocenters. The average Bonchev–Trinajstić information content (AvgIpc) is 2.91. The predicted octanol–water partition coefficient (Wildman–Crippen LogP) is 4.47. The topological polar surface area (TPSA) is 35.2 Å². The van der Waals surface area contributed by atoms with E-state index in [1.54, 1.807) is 0 Å². The second-order valence-corrected chi connectivity index (χ2v) is 6.91. The molecule has 0 radical (unpaired) electrons. The highest BCUT2D eigenvalue weighted by Gasteiger charge is 2.29. The molecule has 0 aromatic heterocycles. The number of ether oxygens (including phenoxy) is 1. The van der Waals surface area contributed by atoms with Crippen LogP contribution in [0.3, 0.4) is 0 Å². The molecule has 112 valence electrons. The Morgan fingerprint density at radius 3 is 2.80 bits per heavy atom. The highest BCUT2D eigenvalue weighted by atomic mass is 79.9. The zero-order valence-electron chi connectivity index (χ0n) is 12.7. The van der Waals surface area contributed by atoms with Gasteiger partial charge in [0.15, 0.2) is 0 Å². The van der Waals surface area contributed by atoms with Gasteiger partial charge in [0.05, 0.1) is 6.61 Å². The van der Waals surface area contributed by atoms with Crippen LogP contribution >= 0.6 is 15.9 Å². The van der Waals surface area contributed by atoms with Crippen molar-refractivity contribution in [2.24, 2.45) is 11.1 Å². The van der Waals surface area contributed by atoms with E-state index >= 15 is 0 Å². The molecule has 0 fully saturated rings. The van der Waals surface area contributed by atoms with Crippen LogP contribution in [0.1, 0.15) is 50.7 Å². The molecule has 20 heavy (non-hydrogen) atoms. The van der Waals surface area contributed by atoms with Crippen LogP contribution in [0.15, 0.2) is 16.6 Å². The molecule has 0 saturated heterocycles. The SMILES string of the molecule is CCCCC(CC)(CN)Cc1cc(Br)cc2c1OCC2. The number of benzene rings is 1. The lowest BCUT2D eigenvalue weighted by Crippen LogP contribution is -2.32. The number of rotatable bonds is 7. The molecule has 1 atom stereocenters. The summed E-state index contributed by atoms with van der Waals surface area (Å²) in [5.74, 6) is 1.12. The monoisotopic (exact) mass is 339 g/mol. The number of halogens is 1. The maximum absolute atomic E-state index is 6.14. The lowest BCUT2D eigenvalue weighted by atomic mass is 9.75. The van der Waals surface area contributed by atoms with Crippen molar-refractivity contribution in [2.45, 2.75) is 52.4 Å². The van der Waals surface area contributed by atoms with Crippen molar-refractivity contribution in [1.29, 1.82) is 0 Å². The van der Waals surface area contributed by atoms with Crippen LogP contribution in [-0.2, 0) is 12.8 Å². The maximum Gasteiger partial charge on any atom is 0.125 e. The number of hydrogen-bond donors (Lipinski definition) is 1. The fraction of sp³-hybridized carbons (Fsp3) is 0.647. The third kappa shape index (κ3) is 3.37. The molecule has 1 aromatic rings. The highest BCUT2D eigenvalue weighted by Crippen LogP contribution is 2.39. The minimum absolute atomic E-state index is 0.219. The minimum atomic E-state index is 0.219. The molecule has 1 aromatic carbocycles. The first-order chi connectivity index (χ1) is 9.64. The quantitative estimate of drug-likeness (QED) is 0.795. The second-order valence-electron chi connectivity index (χ2n) is 5.99. The predicted molar refractivity (Wildman–Crippen MR) is 88.3 cm³/mol. The maximum atomic E-state index is 6.14. The van der Waals surface area contributed by atoms with E-state index in [0.29, 0.717) is 0 Å². The van der Waals surface area contributed by atoms with Crippen molar-refractivity contribution < 1.29 is 4.74 Å². The molecular formula is C17H26BrNO. The molecule has 0 amide bonds. The van der Waals surface area contributed by atoms with Crippen LogP contribution < -0.4 is 10.5 Å². The largest absolute Gasteiger partial charge is 0.493 e. The van der Waals surface area contributed by atoms with Crippen LogP contribution in [0.2, 0.25) is 0 Å². The first-order valence-electron chi connectivity index (χ1n) is 7.78. The molecule has 0 spiro atoms. The summed E-state index contributed by atoms with van der Waals surface area (Å²) in [6, 6.07) is 4.41. The van der Waals surface area contributed by atoms with E-state index < -0.39 is 0 Å². The van der Waals surface area contributed by atoms with Crippen molar-refractivity contribution in [2.75, 3.05) is 13.2 Å². The third-order valence-corrected chi connectivity index (χ3v) is 5.09. The van der Waals surface area contributed by atoms with Crippen molar-refractivity contribution >= 4 is 15.9 Å². The number of hydrogen-bond acceptors (Lipinski definition) is 2. The summed E-state index contributed by atoms with van der Waals surface area (Å²) in [6.45, 7) is 6.08. The van der Waals surface area contributed by atoms with Gasteiger partial charge < -0.3 is 10.5 Å². The van der Waals surface area contributed by atoms with Crippen molar-refractivity contribution in [3.8, 4) is 5.75 Å². The first-order valence-corrected chi connectivity index (χ1v) is 8.57. The highest BCUT2D eigenvalue weighted by molar-refractivity contribution is 9.10. The Labute approximate surface area is 131 Å². The normalized spacial score (nSPS) is 16.6. The first kappa shape index (κ1) is 15.8. The molecule has 0 saturated carbocycles. The molecule has 1 heterocycles. The van der Waals surface area contributed by atoms with Gasteiger partial charge in [-0.15, -0.1) is 0 Å². The zero-order chi connectivity index (χ0) is 14.6.